The van der Waals surface area contributed by atoms with Crippen LogP contribution in [0.3, 0.4) is 0 Å². The van der Waals surface area contributed by atoms with Gasteiger partial charge in [-0.05, 0) is 57.4 Å². The summed E-state index contributed by atoms with van der Waals surface area (Å²) in [6.07, 6.45) is 1.54. The molecule has 0 aliphatic carbocycles. The number of piperidine rings is 1. The molecular weight excluding hydrogens is 306 g/mol. The molecule has 1 aliphatic heterocycles. The number of nitrogens with one attached hydrogen (secondary N) is 1. The summed E-state index contributed by atoms with van der Waals surface area (Å²) < 4.78 is 5.40. The minimum absolute atomic E-state index is 0.0105. The third-order valence-electron chi connectivity index (χ3n) is 4.46. The number of aromatic amines is 1. The number of benzene rings is 1. The van der Waals surface area contributed by atoms with Crippen LogP contribution in [0.15, 0.2) is 18.3 Å². The van der Waals surface area contributed by atoms with E-state index in [2.05, 4.69) is 29.3 Å². The van der Waals surface area contributed by atoms with E-state index in [1.54, 1.807) is 11.1 Å². The largest absolute Gasteiger partial charge is 0.444 e. The molecule has 2 heterocycles. The summed E-state index contributed by atoms with van der Waals surface area (Å²) in [7, 11) is 0. The van der Waals surface area contributed by atoms with E-state index in [9.17, 15) is 9.90 Å². The summed E-state index contributed by atoms with van der Waals surface area (Å²) in [4.78, 5) is 13.8. The third-order valence-corrected chi connectivity index (χ3v) is 4.46. The van der Waals surface area contributed by atoms with Gasteiger partial charge in [-0.15, -0.1) is 0 Å². The van der Waals surface area contributed by atoms with Crippen LogP contribution in [0.1, 0.15) is 44.2 Å². The highest BCUT2D eigenvalue weighted by atomic mass is 16.6. The van der Waals surface area contributed by atoms with Crippen LogP contribution in [0.25, 0.3) is 10.9 Å². The van der Waals surface area contributed by atoms with E-state index >= 15 is 0 Å². The van der Waals surface area contributed by atoms with Gasteiger partial charge in [-0.2, -0.15) is 5.10 Å². The monoisotopic (exact) mass is 331 g/mol. The number of hydrogen-bond acceptors (Lipinski definition) is 4. The number of carbonyl (C=O) groups is 1. The van der Waals surface area contributed by atoms with E-state index in [0.29, 0.717) is 19.5 Å². The number of H-pyrrole nitrogens is 1. The highest BCUT2D eigenvalue weighted by Gasteiger charge is 2.34. The van der Waals surface area contributed by atoms with Crippen molar-refractivity contribution in [3.8, 4) is 0 Å². The molecule has 0 unspecified atom stereocenters. The molecule has 2 N–H and O–H groups in total. The summed E-state index contributed by atoms with van der Waals surface area (Å²) in [5, 5.41) is 18.7. The van der Waals surface area contributed by atoms with Gasteiger partial charge in [0.1, 0.15) is 5.60 Å². The Labute approximate surface area is 141 Å². The second kappa shape index (κ2) is 6.09. The smallest absolute Gasteiger partial charge is 0.410 e. The molecule has 130 valence electrons. The molecule has 2 atom stereocenters. The summed E-state index contributed by atoms with van der Waals surface area (Å²) in [6.45, 7) is 8.46. The number of β-amino-alcohol motifs (C(OH)–C–C–N with tert-alkyl or cyclic N) is 1. The molecule has 24 heavy (non-hydrogen) atoms. The van der Waals surface area contributed by atoms with Crippen LogP contribution in [0, 0.1) is 6.92 Å². The molecule has 0 saturated carbocycles. The van der Waals surface area contributed by atoms with Crippen molar-refractivity contribution in [2.75, 3.05) is 13.1 Å². The first-order chi connectivity index (χ1) is 11.2. The minimum Gasteiger partial charge on any atom is -0.444 e. The van der Waals surface area contributed by atoms with Crippen molar-refractivity contribution in [3.63, 3.8) is 0 Å². The molecule has 2 aromatic rings. The van der Waals surface area contributed by atoms with Gasteiger partial charge in [0.15, 0.2) is 0 Å². The van der Waals surface area contributed by atoms with Crippen LogP contribution in [0.5, 0.6) is 0 Å². The quantitative estimate of drug-likeness (QED) is 0.842. The highest BCUT2D eigenvalue weighted by Crippen LogP contribution is 2.33. The predicted molar refractivity (Wildman–Crippen MR) is 92.0 cm³/mol. The number of aryl methyl sites for hydroxylation is 1. The second-order valence-corrected chi connectivity index (χ2v) is 7.55. The van der Waals surface area contributed by atoms with Gasteiger partial charge in [-0.25, -0.2) is 4.79 Å². The fraction of sp³-hybridized carbons (Fsp3) is 0.556. The van der Waals surface area contributed by atoms with Gasteiger partial charge < -0.3 is 14.7 Å². The molecule has 1 aromatic carbocycles. The first-order valence-electron chi connectivity index (χ1n) is 8.34. The van der Waals surface area contributed by atoms with Crippen molar-refractivity contribution >= 4 is 17.0 Å². The highest BCUT2D eigenvalue weighted by molar-refractivity contribution is 5.80. The van der Waals surface area contributed by atoms with Gasteiger partial charge in [-0.1, -0.05) is 0 Å². The lowest BCUT2D eigenvalue weighted by atomic mass is 9.84. The fourth-order valence-electron chi connectivity index (χ4n) is 3.31. The molecule has 3 rings (SSSR count). The van der Waals surface area contributed by atoms with Gasteiger partial charge >= 0.3 is 6.09 Å². The Hall–Kier alpha value is -2.08. The number of carbonyl (C=O) groups excluding carboxylic acids is 1. The third kappa shape index (κ3) is 3.38. The number of hydrogen-bond donors (Lipinski definition) is 2. The van der Waals surface area contributed by atoms with Gasteiger partial charge in [0.05, 0.1) is 24.4 Å². The fourth-order valence-corrected chi connectivity index (χ4v) is 3.31. The van der Waals surface area contributed by atoms with E-state index in [-0.39, 0.29) is 12.0 Å². The number of ether oxygens (including phenoxy) is 1. The zero-order chi connectivity index (χ0) is 17.5. The molecule has 0 bridgehead atoms. The van der Waals surface area contributed by atoms with Crippen molar-refractivity contribution in [2.24, 2.45) is 0 Å². The Bertz CT molecular complexity index is 748. The van der Waals surface area contributed by atoms with E-state index in [4.69, 9.17) is 4.74 Å². The maximum atomic E-state index is 12.2. The van der Waals surface area contributed by atoms with E-state index in [0.717, 1.165) is 22.0 Å². The SMILES string of the molecule is Cc1cc2cn[nH]c2cc1[C@H]1CCN(C(=O)OC(C)(C)C)C[C@H]1O. The van der Waals surface area contributed by atoms with Crippen LogP contribution in [-0.2, 0) is 4.74 Å². The number of likely N-dealkylation sites (tertiary alicyclic amines) is 1. The molecular formula is C18H25N3O3. The molecule has 1 aromatic heterocycles. The lowest BCUT2D eigenvalue weighted by molar-refractivity contribution is -0.00155. The van der Waals surface area contributed by atoms with Crippen molar-refractivity contribution < 1.29 is 14.6 Å². The summed E-state index contributed by atoms with van der Waals surface area (Å²) >= 11 is 0. The average molecular weight is 331 g/mol. The molecule has 6 heteroatoms. The number of amides is 1. The molecule has 1 amide bonds. The van der Waals surface area contributed by atoms with Gasteiger partial charge in [0.2, 0.25) is 0 Å². The normalized spacial score (nSPS) is 22.0. The molecule has 1 aliphatic rings. The maximum Gasteiger partial charge on any atom is 0.410 e. The van der Waals surface area contributed by atoms with Crippen molar-refractivity contribution in [1.82, 2.24) is 15.1 Å². The van der Waals surface area contributed by atoms with Crippen molar-refractivity contribution in [3.05, 3.63) is 29.5 Å². The molecule has 0 radical (unpaired) electrons. The van der Waals surface area contributed by atoms with E-state index in [1.165, 1.54) is 0 Å². The molecule has 1 saturated heterocycles. The number of fused-ring (bicyclic) bond motifs is 1. The van der Waals surface area contributed by atoms with Crippen molar-refractivity contribution in [2.45, 2.75) is 51.7 Å². The summed E-state index contributed by atoms with van der Waals surface area (Å²) in [5.41, 5.74) is 2.69. The van der Waals surface area contributed by atoms with Gasteiger partial charge in [-0.3, -0.25) is 5.10 Å². The molecule has 1 fully saturated rings. The summed E-state index contributed by atoms with van der Waals surface area (Å²) in [5.74, 6) is 0.0105. The number of aromatic nitrogens is 2. The number of aliphatic hydroxyl groups excluding tert-OH is 1. The number of nitrogens with zero attached hydrogens (tertiary/aromatic N) is 2. The van der Waals surface area contributed by atoms with Gasteiger partial charge in [0.25, 0.3) is 0 Å². The molecule has 6 nitrogen and oxygen atoms in total. The topological polar surface area (TPSA) is 78.5 Å². The predicted octanol–water partition coefficient (Wildman–Crippen LogP) is 2.96. The molecule has 0 spiro atoms. The van der Waals surface area contributed by atoms with Crippen LogP contribution in [0.4, 0.5) is 4.79 Å². The van der Waals surface area contributed by atoms with Crippen LogP contribution >= 0.6 is 0 Å². The van der Waals surface area contributed by atoms with Crippen LogP contribution in [-0.4, -0.2) is 51.1 Å². The number of rotatable bonds is 1. The van der Waals surface area contributed by atoms with Crippen LogP contribution in [0.2, 0.25) is 0 Å². The standard InChI is InChI=1S/C18H25N3O3/c1-11-7-12-9-19-20-15(12)8-14(11)13-5-6-21(10-16(13)22)17(23)24-18(2,3)4/h7-9,13,16,22H,5-6,10H2,1-4H3,(H,19,20)/t13-,16-/m1/s1. The second-order valence-electron chi connectivity index (χ2n) is 7.55. The summed E-state index contributed by atoms with van der Waals surface area (Å²) in [6, 6.07) is 4.15. The number of aliphatic hydroxyl groups is 1. The Morgan fingerprint density at radius 2 is 2.17 bits per heavy atom. The lowest BCUT2D eigenvalue weighted by Gasteiger charge is -2.37. The first-order valence-corrected chi connectivity index (χ1v) is 8.34. The Morgan fingerprint density at radius 3 is 2.83 bits per heavy atom. The Kier molecular flexibility index (Phi) is 4.25. The first kappa shape index (κ1) is 16.8. The maximum absolute atomic E-state index is 12.2. The Morgan fingerprint density at radius 1 is 1.42 bits per heavy atom. The zero-order valence-electron chi connectivity index (χ0n) is 14.7. The van der Waals surface area contributed by atoms with E-state index < -0.39 is 11.7 Å². The van der Waals surface area contributed by atoms with Gasteiger partial charge in [0, 0.05) is 17.8 Å². The average Bonchev–Trinajstić information content (AvgIpc) is 2.91. The van der Waals surface area contributed by atoms with Crippen molar-refractivity contribution in [1.29, 1.82) is 0 Å². The van der Waals surface area contributed by atoms with Crippen LogP contribution < -0.4 is 0 Å². The van der Waals surface area contributed by atoms with E-state index in [1.807, 2.05) is 20.8 Å². The lowest BCUT2D eigenvalue weighted by Crippen LogP contribution is -2.47. The minimum atomic E-state index is -0.606. The zero-order valence-corrected chi connectivity index (χ0v) is 14.7. The Balaban J connectivity index is 1.75.